The molecule has 0 spiro atoms. The number of fused-ring (bicyclic) bond motifs is 1. The van der Waals surface area contributed by atoms with Gasteiger partial charge in [-0.1, -0.05) is 41.6 Å². The van der Waals surface area contributed by atoms with E-state index in [9.17, 15) is 13.2 Å². The molecule has 0 saturated carbocycles. The number of hydrogen-bond donors (Lipinski definition) is 0. The smallest absolute Gasteiger partial charge is 0.356 e. The lowest BCUT2D eigenvalue weighted by Crippen LogP contribution is -2.04. The predicted molar refractivity (Wildman–Crippen MR) is 107 cm³/mol. The van der Waals surface area contributed by atoms with E-state index in [0.717, 1.165) is 34.5 Å². The van der Waals surface area contributed by atoms with Crippen molar-refractivity contribution in [1.82, 2.24) is 14.7 Å². The zero-order valence-electron chi connectivity index (χ0n) is 15.5. The summed E-state index contributed by atoms with van der Waals surface area (Å²) in [5.41, 5.74) is 3.77. The molecule has 0 amide bonds. The second-order valence-corrected chi connectivity index (χ2v) is 6.79. The molecule has 0 aliphatic carbocycles. The molecule has 0 unspecified atom stereocenters. The largest absolute Gasteiger partial charge is 0.416 e. The van der Waals surface area contributed by atoms with E-state index >= 15 is 0 Å². The van der Waals surface area contributed by atoms with Crippen LogP contribution in [0.4, 0.5) is 13.2 Å². The van der Waals surface area contributed by atoms with Gasteiger partial charge in [-0.25, -0.2) is 4.98 Å². The first-order chi connectivity index (χ1) is 14.5. The van der Waals surface area contributed by atoms with Crippen molar-refractivity contribution in [2.24, 2.45) is 0 Å². The molecule has 0 N–H and O–H groups in total. The fourth-order valence-electron chi connectivity index (χ4n) is 3.52. The van der Waals surface area contributed by atoms with E-state index in [1.54, 1.807) is 16.8 Å². The maximum absolute atomic E-state index is 13.0. The standard InChI is InChI=1S/C23H14F3N3O/c24-23(25,26)16-8-9-21-20(13-16)27-14-29(21)17-5-3-4-15(12-17)18-6-1-2-7-19(18)22-10-11-28-30-22/h1-14H. The molecule has 148 valence electrons. The highest BCUT2D eigenvalue weighted by atomic mass is 19.4. The van der Waals surface area contributed by atoms with Crippen LogP contribution in [0.5, 0.6) is 0 Å². The molecular formula is C23H14F3N3O. The van der Waals surface area contributed by atoms with Crippen molar-refractivity contribution in [3.63, 3.8) is 0 Å². The van der Waals surface area contributed by atoms with Crippen LogP contribution in [-0.4, -0.2) is 14.7 Å². The predicted octanol–water partition coefficient (Wildman–Crippen LogP) is 6.37. The third kappa shape index (κ3) is 3.14. The maximum atomic E-state index is 13.0. The van der Waals surface area contributed by atoms with E-state index in [4.69, 9.17) is 4.52 Å². The maximum Gasteiger partial charge on any atom is 0.416 e. The molecule has 3 aromatic carbocycles. The molecule has 0 aliphatic rings. The molecule has 0 fully saturated rings. The van der Waals surface area contributed by atoms with Crippen LogP contribution in [0.3, 0.4) is 0 Å². The highest BCUT2D eigenvalue weighted by Gasteiger charge is 2.30. The number of hydrogen-bond acceptors (Lipinski definition) is 3. The fourth-order valence-corrected chi connectivity index (χ4v) is 3.52. The van der Waals surface area contributed by atoms with E-state index in [0.29, 0.717) is 11.3 Å². The lowest BCUT2D eigenvalue weighted by atomic mass is 9.98. The number of halogens is 3. The summed E-state index contributed by atoms with van der Waals surface area (Å²) in [4.78, 5) is 4.17. The van der Waals surface area contributed by atoms with E-state index in [1.807, 2.05) is 48.5 Å². The topological polar surface area (TPSA) is 43.9 Å². The summed E-state index contributed by atoms with van der Waals surface area (Å²) in [7, 11) is 0. The van der Waals surface area contributed by atoms with E-state index in [1.165, 1.54) is 12.4 Å². The van der Waals surface area contributed by atoms with Crippen LogP contribution >= 0.6 is 0 Å². The van der Waals surface area contributed by atoms with Crippen molar-refractivity contribution >= 4 is 11.0 Å². The van der Waals surface area contributed by atoms with Gasteiger partial charge >= 0.3 is 6.18 Å². The number of rotatable bonds is 3. The second kappa shape index (κ2) is 6.88. The molecule has 2 aromatic heterocycles. The summed E-state index contributed by atoms with van der Waals surface area (Å²) >= 11 is 0. The Balaban J connectivity index is 1.61. The molecule has 0 atom stereocenters. The minimum absolute atomic E-state index is 0.289. The Morgan fingerprint density at radius 3 is 2.43 bits per heavy atom. The van der Waals surface area contributed by atoms with Crippen molar-refractivity contribution in [3.8, 4) is 28.1 Å². The number of alkyl halides is 3. The normalized spacial score (nSPS) is 11.8. The Bertz CT molecular complexity index is 1340. The first-order valence-corrected chi connectivity index (χ1v) is 9.16. The van der Waals surface area contributed by atoms with Crippen LogP contribution in [-0.2, 0) is 6.18 Å². The molecule has 0 saturated heterocycles. The molecular weight excluding hydrogens is 391 g/mol. The van der Waals surface area contributed by atoms with Crippen LogP contribution in [0.2, 0.25) is 0 Å². The highest BCUT2D eigenvalue weighted by molar-refractivity contribution is 5.83. The third-order valence-corrected chi connectivity index (χ3v) is 4.94. The number of aromatic nitrogens is 3. The molecule has 5 rings (SSSR count). The van der Waals surface area contributed by atoms with Crippen LogP contribution in [0, 0.1) is 0 Å². The third-order valence-electron chi connectivity index (χ3n) is 4.94. The summed E-state index contributed by atoms with van der Waals surface area (Å²) in [6.45, 7) is 0. The molecule has 0 bridgehead atoms. The summed E-state index contributed by atoms with van der Waals surface area (Å²) in [6.07, 6.45) is -1.27. The second-order valence-electron chi connectivity index (χ2n) is 6.79. The van der Waals surface area contributed by atoms with Gasteiger partial charge < -0.3 is 4.52 Å². The van der Waals surface area contributed by atoms with E-state index in [-0.39, 0.29) is 5.52 Å². The number of benzene rings is 3. The number of nitrogens with zero attached hydrogens (tertiary/aromatic N) is 3. The van der Waals surface area contributed by atoms with Gasteiger partial charge in [-0.05, 0) is 41.5 Å². The van der Waals surface area contributed by atoms with Crippen molar-refractivity contribution in [3.05, 3.63) is 90.9 Å². The Hall–Kier alpha value is -3.87. The first-order valence-electron chi connectivity index (χ1n) is 9.16. The Morgan fingerprint density at radius 1 is 0.833 bits per heavy atom. The van der Waals surface area contributed by atoms with Gasteiger partial charge in [0.25, 0.3) is 0 Å². The minimum Gasteiger partial charge on any atom is -0.356 e. The first kappa shape index (κ1) is 18.2. The Kier molecular flexibility index (Phi) is 4.17. The van der Waals surface area contributed by atoms with E-state index in [2.05, 4.69) is 10.1 Å². The SMILES string of the molecule is FC(F)(F)c1ccc2c(c1)ncn2-c1cccc(-c2ccccc2-c2ccno2)c1. The monoisotopic (exact) mass is 405 g/mol. The van der Waals surface area contributed by atoms with Gasteiger partial charge in [0.2, 0.25) is 0 Å². The van der Waals surface area contributed by atoms with Gasteiger partial charge in [0, 0.05) is 17.3 Å². The fraction of sp³-hybridized carbons (Fsp3) is 0.0435. The summed E-state index contributed by atoms with van der Waals surface area (Å²) in [6, 6.07) is 20.9. The van der Waals surface area contributed by atoms with Gasteiger partial charge in [-0.2, -0.15) is 13.2 Å². The molecule has 0 radical (unpaired) electrons. The quantitative estimate of drug-likeness (QED) is 0.350. The van der Waals surface area contributed by atoms with Crippen molar-refractivity contribution in [2.45, 2.75) is 6.18 Å². The zero-order chi connectivity index (χ0) is 20.7. The number of imidazole rings is 1. The molecule has 4 nitrogen and oxygen atoms in total. The zero-order valence-corrected chi connectivity index (χ0v) is 15.5. The van der Waals surface area contributed by atoms with Gasteiger partial charge in [0.15, 0.2) is 5.76 Å². The summed E-state index contributed by atoms with van der Waals surface area (Å²) in [5, 5.41) is 3.78. The highest BCUT2D eigenvalue weighted by Crippen LogP contribution is 2.34. The van der Waals surface area contributed by atoms with Crippen molar-refractivity contribution in [2.75, 3.05) is 0 Å². The summed E-state index contributed by atoms with van der Waals surface area (Å²) < 4.78 is 46.1. The molecule has 2 heterocycles. The van der Waals surface area contributed by atoms with Gasteiger partial charge in [0.1, 0.15) is 6.33 Å². The van der Waals surface area contributed by atoms with Crippen LogP contribution in [0.25, 0.3) is 39.2 Å². The van der Waals surface area contributed by atoms with Gasteiger partial charge in [0.05, 0.1) is 22.8 Å². The average molecular weight is 405 g/mol. The molecule has 7 heteroatoms. The van der Waals surface area contributed by atoms with Crippen molar-refractivity contribution < 1.29 is 17.7 Å². The average Bonchev–Trinajstić information content (AvgIpc) is 3.43. The molecule has 5 aromatic rings. The van der Waals surface area contributed by atoms with Crippen LogP contribution in [0.1, 0.15) is 5.56 Å². The van der Waals surface area contributed by atoms with E-state index < -0.39 is 11.7 Å². The lowest BCUT2D eigenvalue weighted by Gasteiger charge is -2.11. The van der Waals surface area contributed by atoms with Crippen LogP contribution < -0.4 is 0 Å². The Morgan fingerprint density at radius 2 is 1.67 bits per heavy atom. The van der Waals surface area contributed by atoms with Gasteiger partial charge in [-0.3, -0.25) is 4.57 Å². The minimum atomic E-state index is -4.40. The van der Waals surface area contributed by atoms with Crippen LogP contribution in [0.15, 0.2) is 89.8 Å². The lowest BCUT2D eigenvalue weighted by molar-refractivity contribution is -0.137. The van der Waals surface area contributed by atoms with Gasteiger partial charge in [-0.15, -0.1) is 0 Å². The summed E-state index contributed by atoms with van der Waals surface area (Å²) in [5.74, 6) is 0.656. The Labute approximate surface area is 169 Å². The van der Waals surface area contributed by atoms with Crippen molar-refractivity contribution in [1.29, 1.82) is 0 Å². The molecule has 30 heavy (non-hydrogen) atoms. The molecule has 0 aliphatic heterocycles.